The number of ether oxygens (including phenoxy) is 1. The van der Waals surface area contributed by atoms with Crippen molar-refractivity contribution < 1.29 is 13.9 Å². The number of carbonyl (C=O) groups is 1. The number of methoxy groups -OCH3 is 1. The van der Waals surface area contributed by atoms with Gasteiger partial charge in [-0.3, -0.25) is 4.79 Å². The van der Waals surface area contributed by atoms with Crippen molar-refractivity contribution in [3.8, 4) is 16.3 Å². The second-order valence-electron chi connectivity index (χ2n) is 8.62. The minimum absolute atomic E-state index is 0.138. The molecule has 0 saturated carbocycles. The second kappa shape index (κ2) is 10.8. The van der Waals surface area contributed by atoms with Crippen molar-refractivity contribution in [2.24, 2.45) is 0 Å². The van der Waals surface area contributed by atoms with Crippen LogP contribution in [-0.2, 0) is 13.1 Å². The van der Waals surface area contributed by atoms with Gasteiger partial charge in [-0.15, -0.1) is 11.3 Å². The van der Waals surface area contributed by atoms with Gasteiger partial charge in [0, 0.05) is 24.5 Å². The van der Waals surface area contributed by atoms with E-state index in [9.17, 15) is 4.79 Å². The molecule has 0 spiro atoms. The van der Waals surface area contributed by atoms with E-state index in [-0.39, 0.29) is 5.91 Å². The van der Waals surface area contributed by atoms with Crippen LogP contribution >= 0.6 is 11.3 Å². The quantitative estimate of drug-likeness (QED) is 0.280. The first-order chi connectivity index (χ1) is 18.0. The fourth-order valence-electron chi connectivity index (χ4n) is 3.72. The third kappa shape index (κ3) is 5.93. The number of benzene rings is 2. The fourth-order valence-corrected chi connectivity index (χ4v) is 4.62. The maximum atomic E-state index is 12.7. The molecule has 10 heteroatoms. The Kier molecular flexibility index (Phi) is 7.11. The largest absolute Gasteiger partial charge is 0.497 e. The molecule has 0 bridgehead atoms. The van der Waals surface area contributed by atoms with Crippen molar-refractivity contribution in [2.75, 3.05) is 26.5 Å². The summed E-state index contributed by atoms with van der Waals surface area (Å²) in [7, 11) is 5.56. The molecule has 3 heterocycles. The molecule has 5 aromatic rings. The third-order valence-corrected chi connectivity index (χ3v) is 6.57. The lowest BCUT2D eigenvalue weighted by Gasteiger charge is -2.06. The minimum atomic E-state index is -0.138. The van der Waals surface area contributed by atoms with Crippen LogP contribution in [-0.4, -0.2) is 47.0 Å². The zero-order valence-electron chi connectivity index (χ0n) is 20.7. The smallest absolute Gasteiger partial charge is 0.261 e. The Bertz CT molecular complexity index is 1540. The van der Waals surface area contributed by atoms with Crippen molar-refractivity contribution in [3.05, 3.63) is 83.2 Å². The molecule has 9 nitrogen and oxygen atoms in total. The summed E-state index contributed by atoms with van der Waals surface area (Å²) in [4.78, 5) is 29.7. The molecule has 0 fully saturated rings. The summed E-state index contributed by atoms with van der Waals surface area (Å²) in [6.07, 6.45) is 1.69. The Hall–Kier alpha value is -4.28. The van der Waals surface area contributed by atoms with Crippen LogP contribution in [0.5, 0.6) is 5.75 Å². The van der Waals surface area contributed by atoms with E-state index in [1.165, 1.54) is 11.3 Å². The van der Waals surface area contributed by atoms with E-state index in [0.29, 0.717) is 35.4 Å². The summed E-state index contributed by atoms with van der Waals surface area (Å²) in [5.74, 6) is 1.73. The summed E-state index contributed by atoms with van der Waals surface area (Å²) < 4.78 is 11.1. The lowest BCUT2D eigenvalue weighted by atomic mass is 10.2. The van der Waals surface area contributed by atoms with Gasteiger partial charge in [-0.05, 0) is 62.1 Å². The van der Waals surface area contributed by atoms with E-state index in [1.807, 2.05) is 73.6 Å². The number of nitrogens with zero attached hydrogens (tertiary/aromatic N) is 4. The van der Waals surface area contributed by atoms with Crippen molar-refractivity contribution >= 4 is 40.0 Å². The highest BCUT2D eigenvalue weighted by Gasteiger charge is 2.13. The van der Waals surface area contributed by atoms with Crippen LogP contribution in [0.1, 0.15) is 21.1 Å². The average molecular weight is 515 g/mol. The SMILES string of the molecule is COc1cccc(CNC(=O)c2ccc(-c3ccnc(Nc4ccc5nc(CN(C)C)oc5c4)n3)s2)c1. The van der Waals surface area contributed by atoms with E-state index < -0.39 is 0 Å². The van der Waals surface area contributed by atoms with E-state index >= 15 is 0 Å². The van der Waals surface area contributed by atoms with E-state index in [1.54, 1.807) is 19.4 Å². The maximum absolute atomic E-state index is 12.7. The highest BCUT2D eigenvalue weighted by molar-refractivity contribution is 7.17. The summed E-state index contributed by atoms with van der Waals surface area (Å²) in [6.45, 7) is 1.04. The van der Waals surface area contributed by atoms with Gasteiger partial charge in [-0.2, -0.15) is 0 Å². The van der Waals surface area contributed by atoms with Crippen LogP contribution in [0.4, 0.5) is 11.6 Å². The number of amides is 1. The van der Waals surface area contributed by atoms with E-state index in [0.717, 1.165) is 33.1 Å². The van der Waals surface area contributed by atoms with Gasteiger partial charge in [0.1, 0.15) is 11.3 Å². The van der Waals surface area contributed by atoms with Gasteiger partial charge in [0.2, 0.25) is 11.8 Å². The predicted molar refractivity (Wildman–Crippen MR) is 144 cm³/mol. The molecule has 0 aliphatic carbocycles. The molecule has 0 atom stereocenters. The monoisotopic (exact) mass is 514 g/mol. The summed E-state index contributed by atoms with van der Waals surface area (Å²) in [6, 6.07) is 18.8. The highest BCUT2D eigenvalue weighted by atomic mass is 32.1. The Morgan fingerprint density at radius 1 is 1.08 bits per heavy atom. The van der Waals surface area contributed by atoms with Crippen molar-refractivity contribution in [3.63, 3.8) is 0 Å². The molecule has 0 unspecified atom stereocenters. The zero-order chi connectivity index (χ0) is 25.8. The minimum Gasteiger partial charge on any atom is -0.497 e. The van der Waals surface area contributed by atoms with Gasteiger partial charge in [-0.25, -0.2) is 15.0 Å². The van der Waals surface area contributed by atoms with E-state index in [2.05, 4.69) is 25.6 Å². The predicted octanol–water partition coefficient (Wildman–Crippen LogP) is 5.09. The molecule has 0 aliphatic heterocycles. The number of nitrogens with one attached hydrogen (secondary N) is 2. The molecule has 1 amide bonds. The van der Waals surface area contributed by atoms with Gasteiger partial charge >= 0.3 is 0 Å². The molecule has 37 heavy (non-hydrogen) atoms. The molecule has 5 rings (SSSR count). The Morgan fingerprint density at radius 3 is 2.81 bits per heavy atom. The molecular formula is C27H26N6O3S. The Balaban J connectivity index is 1.26. The number of aromatic nitrogens is 3. The molecule has 188 valence electrons. The van der Waals surface area contributed by atoms with Crippen LogP contribution in [0.15, 0.2) is 71.3 Å². The number of hydrogen-bond acceptors (Lipinski definition) is 9. The average Bonchev–Trinajstić information content (AvgIpc) is 3.54. The van der Waals surface area contributed by atoms with Crippen molar-refractivity contribution in [2.45, 2.75) is 13.1 Å². The highest BCUT2D eigenvalue weighted by Crippen LogP contribution is 2.28. The number of fused-ring (bicyclic) bond motifs is 1. The molecule has 0 saturated heterocycles. The molecule has 0 radical (unpaired) electrons. The van der Waals surface area contributed by atoms with E-state index in [4.69, 9.17) is 9.15 Å². The first-order valence-corrected chi connectivity index (χ1v) is 12.4. The molecule has 2 N–H and O–H groups in total. The normalized spacial score (nSPS) is 11.1. The molecule has 2 aromatic carbocycles. The van der Waals surface area contributed by atoms with Crippen LogP contribution < -0.4 is 15.4 Å². The molecular weight excluding hydrogens is 488 g/mol. The first kappa shape index (κ1) is 24.4. The number of oxazole rings is 1. The lowest BCUT2D eigenvalue weighted by molar-refractivity contribution is 0.0955. The van der Waals surface area contributed by atoms with Crippen LogP contribution in [0, 0.1) is 0 Å². The Labute approximate surface area is 218 Å². The number of carbonyl (C=O) groups excluding carboxylic acids is 1. The fraction of sp³-hybridized carbons (Fsp3) is 0.185. The zero-order valence-corrected chi connectivity index (χ0v) is 21.5. The maximum Gasteiger partial charge on any atom is 0.261 e. The standard InChI is InChI=1S/C27H26N6O3S/c1-33(2)16-25-31-20-8-7-18(14-22(20)36-25)30-27-28-12-11-21(32-27)23-9-10-24(37-23)26(34)29-15-17-5-4-6-19(13-17)35-3/h4-14H,15-16H2,1-3H3,(H,29,34)(H,28,30,32). The third-order valence-electron chi connectivity index (χ3n) is 5.47. The van der Waals surface area contributed by atoms with Gasteiger partial charge < -0.3 is 24.7 Å². The van der Waals surface area contributed by atoms with Crippen LogP contribution in [0.2, 0.25) is 0 Å². The second-order valence-corrected chi connectivity index (χ2v) is 9.70. The number of anilines is 2. The molecule has 0 aliphatic rings. The van der Waals surface area contributed by atoms with Crippen LogP contribution in [0.3, 0.4) is 0 Å². The summed E-state index contributed by atoms with van der Waals surface area (Å²) >= 11 is 1.38. The number of hydrogen-bond donors (Lipinski definition) is 2. The summed E-state index contributed by atoms with van der Waals surface area (Å²) in [5, 5.41) is 6.18. The van der Waals surface area contributed by atoms with Gasteiger partial charge in [0.15, 0.2) is 5.58 Å². The van der Waals surface area contributed by atoms with Gasteiger partial charge in [-0.1, -0.05) is 12.1 Å². The van der Waals surface area contributed by atoms with Gasteiger partial charge in [0.25, 0.3) is 5.91 Å². The first-order valence-electron chi connectivity index (χ1n) is 11.6. The van der Waals surface area contributed by atoms with Crippen molar-refractivity contribution in [1.82, 2.24) is 25.2 Å². The number of thiophene rings is 1. The number of rotatable bonds is 9. The topological polar surface area (TPSA) is 105 Å². The van der Waals surface area contributed by atoms with Crippen molar-refractivity contribution in [1.29, 1.82) is 0 Å². The molecule has 3 aromatic heterocycles. The van der Waals surface area contributed by atoms with Crippen LogP contribution in [0.25, 0.3) is 21.7 Å². The lowest BCUT2D eigenvalue weighted by Crippen LogP contribution is -2.21. The summed E-state index contributed by atoms with van der Waals surface area (Å²) in [5.41, 5.74) is 3.98. The Morgan fingerprint density at radius 2 is 1.97 bits per heavy atom. The van der Waals surface area contributed by atoms with Gasteiger partial charge in [0.05, 0.1) is 29.1 Å².